The van der Waals surface area contributed by atoms with Crippen molar-refractivity contribution in [2.75, 3.05) is 12.3 Å². The van der Waals surface area contributed by atoms with E-state index in [-0.39, 0.29) is 24.4 Å². The van der Waals surface area contributed by atoms with E-state index in [1.54, 1.807) is 11.8 Å². The van der Waals surface area contributed by atoms with Gasteiger partial charge in [0.25, 0.3) is 0 Å². The van der Waals surface area contributed by atoms with Crippen LogP contribution < -0.4 is 11.1 Å². The Balaban J connectivity index is 0.00000220. The monoisotopic (exact) mass is 392 g/mol. The number of thioether (sulfide) groups is 1. The van der Waals surface area contributed by atoms with Gasteiger partial charge in [-0.1, -0.05) is 15.9 Å². The third-order valence-electron chi connectivity index (χ3n) is 3.42. The van der Waals surface area contributed by atoms with Crippen molar-refractivity contribution >= 4 is 46.0 Å². The SMILES string of the molecule is Cl.NCC(NC(=O)CCCSc1ccc(Br)cc1)C1CC1. The van der Waals surface area contributed by atoms with Gasteiger partial charge in [0, 0.05) is 28.4 Å². The van der Waals surface area contributed by atoms with E-state index in [1.165, 1.54) is 17.7 Å². The fourth-order valence-electron chi connectivity index (χ4n) is 2.10. The van der Waals surface area contributed by atoms with E-state index >= 15 is 0 Å². The maximum Gasteiger partial charge on any atom is 0.220 e. The van der Waals surface area contributed by atoms with Crippen LogP contribution in [0.3, 0.4) is 0 Å². The molecule has 1 aromatic carbocycles. The molecule has 1 fully saturated rings. The lowest BCUT2D eigenvalue weighted by Crippen LogP contribution is -2.41. The van der Waals surface area contributed by atoms with E-state index in [4.69, 9.17) is 5.73 Å². The zero-order chi connectivity index (χ0) is 14.4. The molecule has 21 heavy (non-hydrogen) atoms. The molecule has 3 nitrogen and oxygen atoms in total. The molecule has 0 bridgehead atoms. The van der Waals surface area contributed by atoms with Crippen molar-refractivity contribution in [3.63, 3.8) is 0 Å². The van der Waals surface area contributed by atoms with Crippen LogP contribution in [0.15, 0.2) is 33.6 Å². The maximum absolute atomic E-state index is 11.8. The molecule has 0 saturated heterocycles. The van der Waals surface area contributed by atoms with Crippen molar-refractivity contribution in [2.45, 2.75) is 36.6 Å². The first-order chi connectivity index (χ1) is 9.69. The molecule has 1 atom stereocenters. The van der Waals surface area contributed by atoms with Gasteiger partial charge in [0.1, 0.15) is 0 Å². The fraction of sp³-hybridized carbons (Fsp3) is 0.533. The van der Waals surface area contributed by atoms with E-state index in [0.717, 1.165) is 16.6 Å². The summed E-state index contributed by atoms with van der Waals surface area (Å²) in [4.78, 5) is 13.1. The van der Waals surface area contributed by atoms with Gasteiger partial charge in [-0.05, 0) is 55.2 Å². The smallest absolute Gasteiger partial charge is 0.220 e. The van der Waals surface area contributed by atoms with Gasteiger partial charge < -0.3 is 11.1 Å². The van der Waals surface area contributed by atoms with Gasteiger partial charge in [-0.15, -0.1) is 24.2 Å². The van der Waals surface area contributed by atoms with Crippen LogP contribution >= 0.6 is 40.1 Å². The molecule has 1 aliphatic carbocycles. The molecule has 0 aliphatic heterocycles. The van der Waals surface area contributed by atoms with Crippen molar-refractivity contribution in [3.05, 3.63) is 28.7 Å². The third-order valence-corrected chi connectivity index (χ3v) is 5.05. The Bertz CT molecular complexity index is 440. The topological polar surface area (TPSA) is 55.1 Å². The number of nitrogens with one attached hydrogen (secondary N) is 1. The Hall–Kier alpha value is -0.230. The average Bonchev–Trinajstić information content (AvgIpc) is 3.27. The standard InChI is InChI=1S/C15H21BrN2OS.ClH/c16-12-5-7-13(8-6-12)20-9-1-2-15(19)18-14(10-17)11-3-4-11;/h5-8,11,14H,1-4,9-10,17H2,(H,18,19);1H. The summed E-state index contributed by atoms with van der Waals surface area (Å²) in [6.45, 7) is 0.560. The normalized spacial score (nSPS) is 15.1. The predicted molar refractivity (Wildman–Crippen MR) is 95.1 cm³/mol. The summed E-state index contributed by atoms with van der Waals surface area (Å²) in [6, 6.07) is 8.45. The van der Waals surface area contributed by atoms with Gasteiger partial charge in [-0.2, -0.15) is 0 Å². The lowest BCUT2D eigenvalue weighted by Gasteiger charge is -2.15. The highest BCUT2D eigenvalue weighted by atomic mass is 79.9. The number of benzene rings is 1. The number of carbonyl (C=O) groups is 1. The van der Waals surface area contributed by atoms with E-state index < -0.39 is 0 Å². The van der Waals surface area contributed by atoms with E-state index in [2.05, 4.69) is 33.4 Å². The highest BCUT2D eigenvalue weighted by Crippen LogP contribution is 2.32. The number of hydrogen-bond acceptors (Lipinski definition) is 3. The first kappa shape index (κ1) is 18.8. The van der Waals surface area contributed by atoms with Crippen molar-refractivity contribution < 1.29 is 4.79 Å². The molecule has 1 aliphatic rings. The van der Waals surface area contributed by atoms with Crippen molar-refractivity contribution in [1.29, 1.82) is 0 Å². The largest absolute Gasteiger partial charge is 0.352 e. The van der Waals surface area contributed by atoms with Crippen LogP contribution in [0.25, 0.3) is 0 Å². The van der Waals surface area contributed by atoms with Gasteiger partial charge in [-0.25, -0.2) is 0 Å². The average molecular weight is 394 g/mol. The molecular weight excluding hydrogens is 372 g/mol. The third kappa shape index (κ3) is 7.04. The first-order valence-electron chi connectivity index (χ1n) is 7.07. The number of amides is 1. The quantitative estimate of drug-likeness (QED) is 0.524. The first-order valence-corrected chi connectivity index (χ1v) is 8.84. The van der Waals surface area contributed by atoms with Gasteiger partial charge >= 0.3 is 0 Å². The molecule has 6 heteroatoms. The summed E-state index contributed by atoms with van der Waals surface area (Å²) in [7, 11) is 0. The molecule has 0 spiro atoms. The molecule has 1 unspecified atom stereocenters. The van der Waals surface area contributed by atoms with Gasteiger partial charge in [0.05, 0.1) is 0 Å². The molecule has 3 N–H and O–H groups in total. The molecule has 1 saturated carbocycles. The second-order valence-electron chi connectivity index (χ2n) is 5.15. The summed E-state index contributed by atoms with van der Waals surface area (Å²) < 4.78 is 1.09. The van der Waals surface area contributed by atoms with Crippen LogP contribution in [0.1, 0.15) is 25.7 Å². The Morgan fingerprint density at radius 2 is 2.05 bits per heavy atom. The van der Waals surface area contributed by atoms with Crippen LogP contribution in [-0.2, 0) is 4.79 Å². The number of nitrogens with two attached hydrogens (primary N) is 1. The van der Waals surface area contributed by atoms with E-state index in [0.29, 0.717) is 18.9 Å². The van der Waals surface area contributed by atoms with Crippen molar-refractivity contribution in [3.8, 4) is 0 Å². The van der Waals surface area contributed by atoms with Crippen LogP contribution in [-0.4, -0.2) is 24.2 Å². The second kappa shape index (κ2) is 9.72. The fourth-order valence-corrected chi connectivity index (χ4v) is 3.22. The zero-order valence-electron chi connectivity index (χ0n) is 11.9. The number of hydrogen-bond donors (Lipinski definition) is 2. The second-order valence-corrected chi connectivity index (χ2v) is 7.24. The van der Waals surface area contributed by atoms with Crippen molar-refractivity contribution in [1.82, 2.24) is 5.32 Å². The predicted octanol–water partition coefficient (Wildman–Crippen LogP) is 3.60. The Morgan fingerprint density at radius 1 is 1.38 bits per heavy atom. The Kier molecular flexibility index (Phi) is 8.71. The van der Waals surface area contributed by atoms with Crippen LogP contribution in [0.5, 0.6) is 0 Å². The summed E-state index contributed by atoms with van der Waals surface area (Å²) in [5.41, 5.74) is 5.68. The molecule has 0 aromatic heterocycles. The molecule has 2 rings (SSSR count). The molecule has 118 valence electrons. The molecule has 1 amide bonds. The molecule has 0 radical (unpaired) electrons. The summed E-state index contributed by atoms with van der Waals surface area (Å²) in [5.74, 6) is 1.73. The lowest BCUT2D eigenvalue weighted by atomic mass is 10.2. The minimum atomic E-state index is 0. The van der Waals surface area contributed by atoms with E-state index in [9.17, 15) is 4.79 Å². The minimum absolute atomic E-state index is 0. The lowest BCUT2D eigenvalue weighted by molar-refractivity contribution is -0.121. The summed E-state index contributed by atoms with van der Waals surface area (Å²) >= 11 is 5.21. The van der Waals surface area contributed by atoms with Crippen LogP contribution in [0, 0.1) is 5.92 Å². The van der Waals surface area contributed by atoms with Gasteiger partial charge in [0.15, 0.2) is 0 Å². The highest BCUT2D eigenvalue weighted by Gasteiger charge is 2.30. The van der Waals surface area contributed by atoms with Crippen LogP contribution in [0.2, 0.25) is 0 Å². The number of halogens is 2. The number of rotatable bonds is 8. The Labute approximate surface area is 145 Å². The van der Waals surface area contributed by atoms with Crippen LogP contribution in [0.4, 0.5) is 0 Å². The van der Waals surface area contributed by atoms with Gasteiger partial charge in [0.2, 0.25) is 5.91 Å². The van der Waals surface area contributed by atoms with Gasteiger partial charge in [-0.3, -0.25) is 4.79 Å². The van der Waals surface area contributed by atoms with E-state index in [1.807, 2.05) is 12.1 Å². The zero-order valence-corrected chi connectivity index (χ0v) is 15.1. The van der Waals surface area contributed by atoms with Crippen molar-refractivity contribution in [2.24, 2.45) is 11.7 Å². The summed E-state index contributed by atoms with van der Waals surface area (Å²) in [6.07, 6.45) is 3.91. The molecular formula is C15H22BrClN2OS. The molecule has 0 heterocycles. The maximum atomic E-state index is 11.8. The Morgan fingerprint density at radius 3 is 2.62 bits per heavy atom. The summed E-state index contributed by atoms with van der Waals surface area (Å²) in [5, 5.41) is 3.06. The minimum Gasteiger partial charge on any atom is -0.352 e. The number of carbonyl (C=O) groups excluding carboxylic acids is 1. The highest BCUT2D eigenvalue weighted by molar-refractivity contribution is 9.10. The molecule has 1 aromatic rings.